The Labute approximate surface area is 164 Å². The molecule has 0 unspecified atom stereocenters. The van der Waals surface area contributed by atoms with Crippen LogP contribution in [0.4, 0.5) is 17.5 Å². The smallest absolute Gasteiger partial charge is 0.230 e. The summed E-state index contributed by atoms with van der Waals surface area (Å²) in [6.07, 6.45) is 4.13. The van der Waals surface area contributed by atoms with Crippen LogP contribution < -0.4 is 15.8 Å². The SMILES string of the molecule is Cc1c(N)nc(Nc2ccc(OCCN3CCCC3)cc2)nc1C1=COCO1. The van der Waals surface area contributed by atoms with Gasteiger partial charge in [0.2, 0.25) is 12.7 Å². The highest BCUT2D eigenvalue weighted by Gasteiger charge is 2.18. The molecule has 4 rings (SSSR count). The van der Waals surface area contributed by atoms with Crippen LogP contribution in [0.2, 0.25) is 0 Å². The minimum absolute atomic E-state index is 0.181. The number of hydrogen-bond donors (Lipinski definition) is 2. The van der Waals surface area contributed by atoms with Gasteiger partial charge in [-0.25, -0.2) is 4.98 Å². The number of anilines is 3. The largest absolute Gasteiger partial charge is 0.492 e. The molecular formula is C20H25N5O3. The molecular weight excluding hydrogens is 358 g/mol. The lowest BCUT2D eigenvalue weighted by Crippen LogP contribution is -2.25. The van der Waals surface area contributed by atoms with Gasteiger partial charge in [0.15, 0.2) is 5.76 Å². The molecule has 1 saturated heterocycles. The van der Waals surface area contributed by atoms with E-state index >= 15 is 0 Å². The van der Waals surface area contributed by atoms with Crippen LogP contribution in [0, 0.1) is 6.92 Å². The fourth-order valence-corrected chi connectivity index (χ4v) is 3.26. The van der Waals surface area contributed by atoms with Crippen LogP contribution in [-0.2, 0) is 9.47 Å². The van der Waals surface area contributed by atoms with Gasteiger partial charge in [0, 0.05) is 17.8 Å². The van der Waals surface area contributed by atoms with E-state index in [9.17, 15) is 0 Å². The summed E-state index contributed by atoms with van der Waals surface area (Å²) < 4.78 is 16.4. The van der Waals surface area contributed by atoms with Crippen molar-refractivity contribution in [3.63, 3.8) is 0 Å². The summed E-state index contributed by atoms with van der Waals surface area (Å²) >= 11 is 0. The van der Waals surface area contributed by atoms with Gasteiger partial charge in [0.05, 0.1) is 0 Å². The molecule has 0 spiro atoms. The minimum Gasteiger partial charge on any atom is -0.492 e. The van der Waals surface area contributed by atoms with Gasteiger partial charge in [-0.1, -0.05) is 0 Å². The van der Waals surface area contributed by atoms with E-state index in [0.717, 1.165) is 23.5 Å². The number of likely N-dealkylation sites (tertiary alicyclic amines) is 1. The summed E-state index contributed by atoms with van der Waals surface area (Å²) in [4.78, 5) is 11.3. The molecule has 0 amide bonds. The number of nitrogens with zero attached hydrogens (tertiary/aromatic N) is 3. The van der Waals surface area contributed by atoms with Crippen molar-refractivity contribution in [3.05, 3.63) is 41.8 Å². The van der Waals surface area contributed by atoms with Gasteiger partial charge in [-0.2, -0.15) is 4.98 Å². The maximum absolute atomic E-state index is 6.03. The topological polar surface area (TPSA) is 94.8 Å². The van der Waals surface area contributed by atoms with Gasteiger partial charge >= 0.3 is 0 Å². The van der Waals surface area contributed by atoms with E-state index in [1.165, 1.54) is 32.2 Å². The fraction of sp³-hybridized carbons (Fsp3) is 0.400. The summed E-state index contributed by atoms with van der Waals surface area (Å²) in [6, 6.07) is 7.72. The highest BCUT2D eigenvalue weighted by atomic mass is 16.7. The Morgan fingerprint density at radius 1 is 1.18 bits per heavy atom. The number of benzene rings is 1. The van der Waals surface area contributed by atoms with Crippen LogP contribution in [-0.4, -0.2) is 47.9 Å². The average molecular weight is 383 g/mol. The van der Waals surface area contributed by atoms with E-state index in [1.807, 2.05) is 31.2 Å². The number of nitrogens with two attached hydrogens (primary N) is 1. The Kier molecular flexibility index (Phi) is 5.48. The average Bonchev–Trinajstić information content (AvgIpc) is 3.40. The van der Waals surface area contributed by atoms with Crippen molar-refractivity contribution < 1.29 is 14.2 Å². The van der Waals surface area contributed by atoms with E-state index in [2.05, 4.69) is 20.2 Å². The molecule has 0 atom stereocenters. The fourth-order valence-electron chi connectivity index (χ4n) is 3.26. The van der Waals surface area contributed by atoms with Gasteiger partial charge in [0.25, 0.3) is 0 Å². The molecule has 0 radical (unpaired) electrons. The molecule has 3 heterocycles. The predicted octanol–water partition coefficient (Wildman–Crippen LogP) is 2.89. The van der Waals surface area contributed by atoms with Gasteiger partial charge < -0.3 is 25.3 Å². The van der Waals surface area contributed by atoms with Gasteiger partial charge in [-0.3, -0.25) is 4.90 Å². The molecule has 2 aliphatic heterocycles. The van der Waals surface area contributed by atoms with E-state index in [0.29, 0.717) is 29.8 Å². The second-order valence-electron chi connectivity index (χ2n) is 6.86. The van der Waals surface area contributed by atoms with Crippen molar-refractivity contribution in [3.8, 4) is 5.75 Å². The molecule has 3 N–H and O–H groups in total. The maximum atomic E-state index is 6.03. The molecule has 1 fully saturated rings. The maximum Gasteiger partial charge on any atom is 0.230 e. The third kappa shape index (κ3) is 4.28. The Balaban J connectivity index is 1.38. The molecule has 148 valence electrons. The van der Waals surface area contributed by atoms with Crippen molar-refractivity contribution >= 4 is 23.2 Å². The van der Waals surface area contributed by atoms with Crippen LogP contribution in [0.5, 0.6) is 5.75 Å². The second-order valence-corrected chi connectivity index (χ2v) is 6.86. The molecule has 8 nitrogen and oxygen atoms in total. The highest BCUT2D eigenvalue weighted by molar-refractivity contribution is 5.66. The first-order valence-corrected chi connectivity index (χ1v) is 9.50. The summed E-state index contributed by atoms with van der Waals surface area (Å²) in [6.45, 7) is 6.07. The van der Waals surface area contributed by atoms with E-state index in [1.54, 1.807) is 0 Å². The first-order valence-electron chi connectivity index (χ1n) is 9.50. The molecule has 0 bridgehead atoms. The lowest BCUT2D eigenvalue weighted by atomic mass is 10.2. The van der Waals surface area contributed by atoms with E-state index in [4.69, 9.17) is 19.9 Å². The molecule has 2 aliphatic rings. The monoisotopic (exact) mass is 383 g/mol. The zero-order chi connectivity index (χ0) is 19.3. The summed E-state index contributed by atoms with van der Waals surface area (Å²) in [5.41, 5.74) is 8.25. The summed E-state index contributed by atoms with van der Waals surface area (Å²) in [5.74, 6) is 2.19. The lowest BCUT2D eigenvalue weighted by molar-refractivity contribution is 0.100. The molecule has 28 heavy (non-hydrogen) atoms. The van der Waals surface area contributed by atoms with Crippen molar-refractivity contribution in [2.45, 2.75) is 19.8 Å². The first kappa shape index (κ1) is 18.4. The standard InChI is InChI=1S/C20H25N5O3/c1-14-18(17-12-26-13-28-17)23-20(24-19(14)21)22-15-4-6-16(7-5-15)27-11-10-25-8-2-3-9-25/h4-7,12H,2-3,8-11,13H2,1H3,(H3,21,22,23,24). The summed E-state index contributed by atoms with van der Waals surface area (Å²) in [7, 11) is 0. The number of aromatic nitrogens is 2. The summed E-state index contributed by atoms with van der Waals surface area (Å²) in [5, 5.41) is 3.17. The minimum atomic E-state index is 0.181. The van der Waals surface area contributed by atoms with Crippen molar-refractivity contribution in [1.29, 1.82) is 0 Å². The molecule has 1 aromatic carbocycles. The molecule has 2 aromatic rings. The molecule has 1 aromatic heterocycles. The van der Waals surface area contributed by atoms with E-state index < -0.39 is 0 Å². The van der Waals surface area contributed by atoms with Gasteiger partial charge in [0.1, 0.15) is 30.1 Å². The number of rotatable bonds is 7. The second kappa shape index (κ2) is 8.35. The zero-order valence-electron chi connectivity index (χ0n) is 16.0. The Bertz CT molecular complexity index is 848. The zero-order valence-corrected chi connectivity index (χ0v) is 16.0. The molecule has 8 heteroatoms. The predicted molar refractivity (Wildman–Crippen MR) is 107 cm³/mol. The lowest BCUT2D eigenvalue weighted by Gasteiger charge is -2.15. The quantitative estimate of drug-likeness (QED) is 0.754. The third-order valence-electron chi connectivity index (χ3n) is 4.88. The number of hydrogen-bond acceptors (Lipinski definition) is 8. The Hall–Kier alpha value is -3.00. The Morgan fingerprint density at radius 3 is 2.68 bits per heavy atom. The van der Waals surface area contributed by atoms with Gasteiger partial charge in [-0.05, 0) is 57.1 Å². The van der Waals surface area contributed by atoms with Crippen LogP contribution >= 0.6 is 0 Å². The van der Waals surface area contributed by atoms with Crippen molar-refractivity contribution in [2.24, 2.45) is 0 Å². The van der Waals surface area contributed by atoms with Crippen LogP contribution in [0.15, 0.2) is 30.5 Å². The number of nitrogens with one attached hydrogen (secondary N) is 1. The van der Waals surface area contributed by atoms with Crippen LogP contribution in [0.3, 0.4) is 0 Å². The van der Waals surface area contributed by atoms with Crippen molar-refractivity contribution in [1.82, 2.24) is 14.9 Å². The first-order chi connectivity index (χ1) is 13.7. The normalized spacial score (nSPS) is 16.4. The highest BCUT2D eigenvalue weighted by Crippen LogP contribution is 2.27. The van der Waals surface area contributed by atoms with Crippen molar-refractivity contribution in [2.75, 3.05) is 44.1 Å². The molecule has 0 saturated carbocycles. The van der Waals surface area contributed by atoms with Crippen LogP contribution in [0.25, 0.3) is 5.76 Å². The van der Waals surface area contributed by atoms with Gasteiger partial charge in [-0.15, -0.1) is 0 Å². The Morgan fingerprint density at radius 2 is 1.96 bits per heavy atom. The molecule has 0 aliphatic carbocycles. The number of ether oxygens (including phenoxy) is 3. The third-order valence-corrected chi connectivity index (χ3v) is 4.88. The number of nitrogen functional groups attached to an aromatic ring is 1. The van der Waals surface area contributed by atoms with E-state index in [-0.39, 0.29) is 6.79 Å². The van der Waals surface area contributed by atoms with Crippen LogP contribution in [0.1, 0.15) is 24.1 Å².